The van der Waals surface area contributed by atoms with E-state index in [4.69, 9.17) is 4.74 Å². The zero-order valence-corrected chi connectivity index (χ0v) is 12.8. The first-order valence-corrected chi connectivity index (χ1v) is 7.68. The summed E-state index contributed by atoms with van der Waals surface area (Å²) in [6, 6.07) is 9.85. The van der Waals surface area contributed by atoms with E-state index in [2.05, 4.69) is 16.3 Å². The largest absolute Gasteiger partial charge is 0.496 e. The lowest BCUT2D eigenvalue weighted by Gasteiger charge is -2.32. The second-order valence-corrected chi connectivity index (χ2v) is 5.75. The zero-order valence-electron chi connectivity index (χ0n) is 12.8. The van der Waals surface area contributed by atoms with Crippen LogP contribution in [0.25, 0.3) is 0 Å². The summed E-state index contributed by atoms with van der Waals surface area (Å²) in [6.07, 6.45) is 4.74. The Labute approximate surface area is 130 Å². The van der Waals surface area contributed by atoms with Gasteiger partial charge in [0.05, 0.1) is 7.11 Å². The molecular weight excluding hydrogens is 278 g/mol. The molecule has 0 unspecified atom stereocenters. The fraction of sp³-hybridized carbons (Fsp3) is 0.412. The third-order valence-corrected chi connectivity index (χ3v) is 4.24. The number of hydrogen-bond acceptors (Lipinski definition) is 3. The quantitative estimate of drug-likeness (QED) is 0.943. The molecule has 1 aromatic heterocycles. The summed E-state index contributed by atoms with van der Waals surface area (Å²) in [5.41, 5.74) is 1.78. The van der Waals surface area contributed by atoms with Crippen LogP contribution in [-0.4, -0.2) is 41.2 Å². The first-order valence-electron chi connectivity index (χ1n) is 7.68. The maximum atomic E-state index is 12.4. The van der Waals surface area contributed by atoms with Crippen LogP contribution in [0.2, 0.25) is 0 Å². The summed E-state index contributed by atoms with van der Waals surface area (Å²) in [5, 5.41) is 6.61. The number of para-hydroxylation sites is 1. The van der Waals surface area contributed by atoms with Gasteiger partial charge < -0.3 is 9.64 Å². The van der Waals surface area contributed by atoms with Crippen LogP contribution in [0.5, 0.6) is 5.75 Å². The Kier molecular flexibility index (Phi) is 4.42. The standard InChI is InChI=1S/C17H21N3O2/c1-22-16-7-3-2-6-14(16)11-13-5-4-10-20(12-13)17(21)15-8-9-18-19-15/h2-3,6-9,13H,4-5,10-12H2,1H3,(H,18,19)/t13-/m1/s1. The molecule has 0 spiro atoms. The second kappa shape index (κ2) is 6.64. The maximum absolute atomic E-state index is 12.4. The van der Waals surface area contributed by atoms with E-state index >= 15 is 0 Å². The number of piperidine rings is 1. The van der Waals surface area contributed by atoms with Gasteiger partial charge in [0.15, 0.2) is 0 Å². The molecule has 1 fully saturated rings. The number of carbonyl (C=O) groups is 1. The molecule has 1 amide bonds. The van der Waals surface area contributed by atoms with Crippen LogP contribution >= 0.6 is 0 Å². The smallest absolute Gasteiger partial charge is 0.271 e. The normalized spacial score (nSPS) is 18.2. The number of methoxy groups -OCH3 is 1. The fourth-order valence-electron chi connectivity index (χ4n) is 3.14. The highest BCUT2D eigenvalue weighted by Gasteiger charge is 2.25. The number of rotatable bonds is 4. The van der Waals surface area contributed by atoms with Crippen molar-refractivity contribution in [2.24, 2.45) is 5.92 Å². The molecule has 1 atom stereocenters. The van der Waals surface area contributed by atoms with Crippen LogP contribution in [0.3, 0.4) is 0 Å². The van der Waals surface area contributed by atoms with Crippen molar-refractivity contribution in [2.45, 2.75) is 19.3 Å². The summed E-state index contributed by atoms with van der Waals surface area (Å²) in [6.45, 7) is 1.61. The lowest BCUT2D eigenvalue weighted by molar-refractivity contribution is 0.0667. The van der Waals surface area contributed by atoms with Gasteiger partial charge in [0.2, 0.25) is 0 Å². The molecule has 1 N–H and O–H groups in total. The zero-order chi connectivity index (χ0) is 15.4. The molecule has 116 valence electrons. The number of carbonyl (C=O) groups excluding carboxylic acids is 1. The van der Waals surface area contributed by atoms with Gasteiger partial charge in [-0.15, -0.1) is 0 Å². The number of nitrogens with one attached hydrogen (secondary N) is 1. The van der Waals surface area contributed by atoms with E-state index in [1.165, 1.54) is 5.56 Å². The molecule has 2 heterocycles. The number of nitrogens with zero attached hydrogens (tertiary/aromatic N) is 2. The molecule has 1 aliphatic rings. The Bertz CT molecular complexity index is 625. The van der Waals surface area contributed by atoms with Crippen molar-refractivity contribution in [2.75, 3.05) is 20.2 Å². The maximum Gasteiger partial charge on any atom is 0.271 e. The van der Waals surface area contributed by atoms with E-state index < -0.39 is 0 Å². The number of H-pyrrole nitrogens is 1. The molecule has 1 saturated heterocycles. The van der Waals surface area contributed by atoms with E-state index in [1.54, 1.807) is 19.4 Å². The van der Waals surface area contributed by atoms with Gasteiger partial charge in [0.25, 0.3) is 5.91 Å². The summed E-state index contributed by atoms with van der Waals surface area (Å²) in [5.74, 6) is 1.44. The molecule has 0 bridgehead atoms. The first-order chi connectivity index (χ1) is 10.8. The van der Waals surface area contributed by atoms with Gasteiger partial charge in [-0.1, -0.05) is 18.2 Å². The van der Waals surface area contributed by atoms with Crippen LogP contribution in [-0.2, 0) is 6.42 Å². The third-order valence-electron chi connectivity index (χ3n) is 4.24. The topological polar surface area (TPSA) is 58.2 Å². The van der Waals surface area contributed by atoms with Crippen molar-refractivity contribution in [1.82, 2.24) is 15.1 Å². The minimum Gasteiger partial charge on any atom is -0.496 e. The van der Waals surface area contributed by atoms with E-state index in [-0.39, 0.29) is 5.91 Å². The lowest BCUT2D eigenvalue weighted by Crippen LogP contribution is -2.40. The second-order valence-electron chi connectivity index (χ2n) is 5.75. The fourth-order valence-corrected chi connectivity index (χ4v) is 3.14. The number of likely N-dealkylation sites (tertiary alicyclic amines) is 1. The number of aromatic nitrogens is 2. The van der Waals surface area contributed by atoms with E-state index in [9.17, 15) is 4.79 Å². The van der Waals surface area contributed by atoms with E-state index in [0.717, 1.165) is 38.1 Å². The molecule has 22 heavy (non-hydrogen) atoms. The Balaban J connectivity index is 1.67. The average Bonchev–Trinajstić information content (AvgIpc) is 3.09. The van der Waals surface area contributed by atoms with Gasteiger partial charge >= 0.3 is 0 Å². The van der Waals surface area contributed by atoms with Gasteiger partial charge in [-0.3, -0.25) is 9.89 Å². The number of hydrogen-bond donors (Lipinski definition) is 1. The van der Waals surface area contributed by atoms with Gasteiger partial charge in [-0.05, 0) is 42.9 Å². The SMILES string of the molecule is COc1ccccc1C[C@H]1CCCN(C(=O)c2ccn[nH]2)C1. The van der Waals surface area contributed by atoms with E-state index in [0.29, 0.717) is 11.6 Å². The monoisotopic (exact) mass is 299 g/mol. The van der Waals surface area contributed by atoms with Crippen LogP contribution in [0.4, 0.5) is 0 Å². The molecule has 0 radical (unpaired) electrons. The van der Waals surface area contributed by atoms with Crippen molar-refractivity contribution < 1.29 is 9.53 Å². The van der Waals surface area contributed by atoms with Gasteiger partial charge in [-0.2, -0.15) is 5.10 Å². The summed E-state index contributed by atoms with van der Waals surface area (Å²) < 4.78 is 5.43. The van der Waals surface area contributed by atoms with Gasteiger partial charge in [0, 0.05) is 19.3 Å². The Hall–Kier alpha value is -2.30. The van der Waals surface area contributed by atoms with Crippen molar-refractivity contribution in [1.29, 1.82) is 0 Å². The summed E-state index contributed by atoms with van der Waals surface area (Å²) in [7, 11) is 1.70. The van der Waals surface area contributed by atoms with Crippen molar-refractivity contribution in [3.63, 3.8) is 0 Å². The van der Waals surface area contributed by atoms with Crippen LogP contribution in [0, 0.1) is 5.92 Å². The molecule has 0 saturated carbocycles. The predicted octanol–water partition coefficient (Wildman–Crippen LogP) is 2.51. The highest BCUT2D eigenvalue weighted by atomic mass is 16.5. The molecular formula is C17H21N3O2. The molecule has 3 rings (SSSR count). The highest BCUT2D eigenvalue weighted by Crippen LogP contribution is 2.26. The number of amides is 1. The molecule has 1 aromatic carbocycles. The number of ether oxygens (including phenoxy) is 1. The highest BCUT2D eigenvalue weighted by molar-refractivity contribution is 5.92. The summed E-state index contributed by atoms with van der Waals surface area (Å²) >= 11 is 0. The van der Waals surface area contributed by atoms with Crippen molar-refractivity contribution >= 4 is 5.91 Å². The van der Waals surface area contributed by atoms with Crippen LogP contribution < -0.4 is 4.74 Å². The summed E-state index contributed by atoms with van der Waals surface area (Å²) in [4.78, 5) is 14.3. The molecule has 1 aliphatic heterocycles. The van der Waals surface area contributed by atoms with Crippen molar-refractivity contribution in [3.8, 4) is 5.75 Å². The molecule has 2 aromatic rings. The lowest BCUT2D eigenvalue weighted by atomic mass is 9.91. The van der Waals surface area contributed by atoms with Crippen LogP contribution in [0.15, 0.2) is 36.5 Å². The third kappa shape index (κ3) is 3.13. The molecule has 0 aliphatic carbocycles. The Morgan fingerprint density at radius 2 is 2.27 bits per heavy atom. The average molecular weight is 299 g/mol. The number of aromatic amines is 1. The Morgan fingerprint density at radius 3 is 3.05 bits per heavy atom. The van der Waals surface area contributed by atoms with E-state index in [1.807, 2.05) is 23.1 Å². The molecule has 5 heteroatoms. The minimum absolute atomic E-state index is 0.0437. The predicted molar refractivity (Wildman–Crippen MR) is 83.9 cm³/mol. The molecule has 5 nitrogen and oxygen atoms in total. The van der Waals surface area contributed by atoms with Crippen molar-refractivity contribution in [3.05, 3.63) is 47.8 Å². The van der Waals surface area contributed by atoms with Gasteiger partial charge in [-0.25, -0.2) is 0 Å². The Morgan fingerprint density at radius 1 is 1.41 bits per heavy atom. The van der Waals surface area contributed by atoms with Gasteiger partial charge in [0.1, 0.15) is 11.4 Å². The first kappa shape index (κ1) is 14.6. The minimum atomic E-state index is 0.0437. The van der Waals surface area contributed by atoms with Crippen LogP contribution in [0.1, 0.15) is 28.9 Å². The number of benzene rings is 1.